The molecule has 2 aliphatic rings. The van der Waals surface area contributed by atoms with Gasteiger partial charge in [-0.05, 0) is 80.1 Å². The minimum absolute atomic E-state index is 0.0622. The fourth-order valence-electron chi connectivity index (χ4n) is 4.13. The summed E-state index contributed by atoms with van der Waals surface area (Å²) in [6.07, 6.45) is 2.71. The molecule has 2 amide bonds. The van der Waals surface area contributed by atoms with Crippen LogP contribution in [-0.2, 0) is 11.2 Å². The van der Waals surface area contributed by atoms with Crippen molar-refractivity contribution in [2.75, 3.05) is 31.6 Å². The van der Waals surface area contributed by atoms with Crippen molar-refractivity contribution >= 4 is 17.5 Å². The molecule has 1 atom stereocenters. The molecule has 6 nitrogen and oxygen atoms in total. The Hall–Kier alpha value is -3.02. The standard InChI is InChI=1S/C25H30N2O4/c1-3-30-22-8-9-23-19(15-22)14-20(16-31-23)24(28)26-21-6-4-18(5-7-21)25(29)27-12-10-17(2)11-13-27/h4-9,15,17,20H,3,10-14,16H2,1-2H3,(H,26,28). The average molecular weight is 423 g/mol. The molecule has 0 spiro atoms. The third kappa shape index (κ3) is 5.01. The number of nitrogens with zero attached hydrogens (tertiary/aromatic N) is 1. The normalized spacial score (nSPS) is 18.6. The van der Waals surface area contributed by atoms with E-state index < -0.39 is 0 Å². The molecule has 2 aliphatic heterocycles. The molecular formula is C25H30N2O4. The first-order valence-corrected chi connectivity index (χ1v) is 11.1. The van der Waals surface area contributed by atoms with Crippen molar-refractivity contribution in [3.8, 4) is 11.5 Å². The summed E-state index contributed by atoms with van der Waals surface area (Å²) < 4.78 is 11.3. The molecule has 0 radical (unpaired) electrons. The zero-order valence-electron chi connectivity index (χ0n) is 18.2. The zero-order chi connectivity index (χ0) is 21.8. The molecule has 1 saturated heterocycles. The Bertz CT molecular complexity index is 933. The first-order valence-electron chi connectivity index (χ1n) is 11.1. The van der Waals surface area contributed by atoms with Gasteiger partial charge in [0, 0.05) is 24.3 Å². The molecule has 1 N–H and O–H groups in total. The summed E-state index contributed by atoms with van der Waals surface area (Å²) in [4.78, 5) is 27.4. The highest BCUT2D eigenvalue weighted by Crippen LogP contribution is 2.31. The lowest BCUT2D eigenvalue weighted by atomic mass is 9.95. The van der Waals surface area contributed by atoms with Crippen LogP contribution in [0, 0.1) is 11.8 Å². The Morgan fingerprint density at radius 3 is 2.58 bits per heavy atom. The topological polar surface area (TPSA) is 67.9 Å². The molecule has 0 aromatic heterocycles. The van der Waals surface area contributed by atoms with E-state index in [0.717, 1.165) is 43.0 Å². The molecule has 2 aromatic rings. The largest absolute Gasteiger partial charge is 0.494 e. The lowest BCUT2D eigenvalue weighted by Gasteiger charge is -2.30. The Kier molecular flexibility index (Phi) is 6.44. The van der Waals surface area contributed by atoms with E-state index in [9.17, 15) is 9.59 Å². The molecule has 2 aromatic carbocycles. The van der Waals surface area contributed by atoms with Crippen LogP contribution in [-0.4, -0.2) is 43.0 Å². The second-order valence-corrected chi connectivity index (χ2v) is 8.46. The SMILES string of the molecule is CCOc1ccc2c(c1)CC(C(=O)Nc1ccc(C(=O)N3CCC(C)CC3)cc1)CO2. The molecule has 31 heavy (non-hydrogen) atoms. The molecule has 0 bridgehead atoms. The minimum atomic E-state index is -0.277. The third-order valence-corrected chi connectivity index (χ3v) is 6.09. The van der Waals surface area contributed by atoms with Gasteiger partial charge in [0.2, 0.25) is 5.91 Å². The van der Waals surface area contributed by atoms with Gasteiger partial charge in [0.1, 0.15) is 18.1 Å². The van der Waals surface area contributed by atoms with Crippen LogP contribution in [0.25, 0.3) is 0 Å². The number of amides is 2. The van der Waals surface area contributed by atoms with E-state index in [1.807, 2.05) is 30.0 Å². The smallest absolute Gasteiger partial charge is 0.253 e. The molecule has 1 unspecified atom stereocenters. The van der Waals surface area contributed by atoms with E-state index in [0.29, 0.717) is 36.8 Å². The van der Waals surface area contributed by atoms with Crippen LogP contribution < -0.4 is 14.8 Å². The van der Waals surface area contributed by atoms with Gasteiger partial charge in [-0.15, -0.1) is 0 Å². The third-order valence-electron chi connectivity index (χ3n) is 6.09. The van der Waals surface area contributed by atoms with E-state index in [-0.39, 0.29) is 17.7 Å². The fraction of sp³-hybridized carbons (Fsp3) is 0.440. The lowest BCUT2D eigenvalue weighted by Crippen LogP contribution is -2.37. The van der Waals surface area contributed by atoms with E-state index in [1.54, 1.807) is 24.3 Å². The van der Waals surface area contributed by atoms with Crippen LogP contribution in [0.15, 0.2) is 42.5 Å². The van der Waals surface area contributed by atoms with Crippen LogP contribution in [0.3, 0.4) is 0 Å². The van der Waals surface area contributed by atoms with Crippen molar-refractivity contribution < 1.29 is 19.1 Å². The lowest BCUT2D eigenvalue weighted by molar-refractivity contribution is -0.121. The fourth-order valence-corrected chi connectivity index (χ4v) is 4.13. The Morgan fingerprint density at radius 2 is 1.87 bits per heavy atom. The number of piperidine rings is 1. The van der Waals surface area contributed by atoms with Gasteiger partial charge in [-0.3, -0.25) is 9.59 Å². The average Bonchev–Trinajstić information content (AvgIpc) is 2.79. The first-order chi connectivity index (χ1) is 15.0. The van der Waals surface area contributed by atoms with E-state index in [1.165, 1.54) is 0 Å². The summed E-state index contributed by atoms with van der Waals surface area (Å²) in [7, 11) is 0. The highest BCUT2D eigenvalue weighted by Gasteiger charge is 2.27. The summed E-state index contributed by atoms with van der Waals surface area (Å²) in [5.74, 6) is 1.98. The molecule has 0 saturated carbocycles. The quantitative estimate of drug-likeness (QED) is 0.786. The van der Waals surface area contributed by atoms with Gasteiger partial charge in [0.25, 0.3) is 5.91 Å². The molecule has 164 valence electrons. The predicted octanol–water partition coefficient (Wildman–Crippen LogP) is 4.15. The van der Waals surface area contributed by atoms with Gasteiger partial charge in [0.05, 0.1) is 12.5 Å². The van der Waals surface area contributed by atoms with Crippen molar-refractivity contribution in [3.63, 3.8) is 0 Å². The first kappa shape index (κ1) is 21.2. The molecule has 1 fully saturated rings. The minimum Gasteiger partial charge on any atom is -0.494 e. The van der Waals surface area contributed by atoms with Gasteiger partial charge in [-0.1, -0.05) is 6.92 Å². The number of hydrogen-bond acceptors (Lipinski definition) is 4. The summed E-state index contributed by atoms with van der Waals surface area (Å²) in [6, 6.07) is 12.9. The number of nitrogens with one attached hydrogen (secondary N) is 1. The summed E-state index contributed by atoms with van der Waals surface area (Å²) in [5, 5.41) is 2.96. The number of carbonyl (C=O) groups is 2. The zero-order valence-corrected chi connectivity index (χ0v) is 18.2. The van der Waals surface area contributed by atoms with E-state index >= 15 is 0 Å². The van der Waals surface area contributed by atoms with Gasteiger partial charge in [0.15, 0.2) is 0 Å². The second kappa shape index (κ2) is 9.41. The number of likely N-dealkylation sites (tertiary alicyclic amines) is 1. The van der Waals surface area contributed by atoms with Crippen molar-refractivity contribution in [2.45, 2.75) is 33.1 Å². The summed E-state index contributed by atoms with van der Waals surface area (Å²) >= 11 is 0. The number of hydrogen-bond donors (Lipinski definition) is 1. The highest BCUT2D eigenvalue weighted by atomic mass is 16.5. The van der Waals surface area contributed by atoms with Gasteiger partial charge < -0.3 is 19.7 Å². The maximum atomic E-state index is 12.8. The molecule has 4 rings (SSSR count). The number of ether oxygens (including phenoxy) is 2. The number of benzene rings is 2. The van der Waals surface area contributed by atoms with Crippen molar-refractivity contribution in [1.82, 2.24) is 4.90 Å². The Balaban J connectivity index is 1.35. The monoisotopic (exact) mass is 422 g/mol. The number of anilines is 1. The maximum Gasteiger partial charge on any atom is 0.253 e. The molecule has 0 aliphatic carbocycles. The molecule has 6 heteroatoms. The number of fused-ring (bicyclic) bond motifs is 1. The van der Waals surface area contributed by atoms with Crippen molar-refractivity contribution in [2.24, 2.45) is 11.8 Å². The van der Waals surface area contributed by atoms with Crippen molar-refractivity contribution in [3.05, 3.63) is 53.6 Å². The van der Waals surface area contributed by atoms with Gasteiger partial charge in [-0.2, -0.15) is 0 Å². The van der Waals surface area contributed by atoms with Gasteiger partial charge >= 0.3 is 0 Å². The Morgan fingerprint density at radius 1 is 1.13 bits per heavy atom. The van der Waals surface area contributed by atoms with Crippen LogP contribution in [0.1, 0.15) is 42.6 Å². The van der Waals surface area contributed by atoms with Crippen LogP contribution in [0.4, 0.5) is 5.69 Å². The summed E-state index contributed by atoms with van der Waals surface area (Å²) in [5.41, 5.74) is 2.32. The predicted molar refractivity (Wildman–Crippen MR) is 120 cm³/mol. The maximum absolute atomic E-state index is 12.8. The molecule has 2 heterocycles. The van der Waals surface area contributed by atoms with Crippen LogP contribution >= 0.6 is 0 Å². The van der Waals surface area contributed by atoms with Gasteiger partial charge in [-0.25, -0.2) is 0 Å². The van der Waals surface area contributed by atoms with E-state index in [2.05, 4.69) is 12.2 Å². The van der Waals surface area contributed by atoms with E-state index in [4.69, 9.17) is 9.47 Å². The summed E-state index contributed by atoms with van der Waals surface area (Å²) in [6.45, 7) is 6.74. The molecular weight excluding hydrogens is 392 g/mol. The van der Waals surface area contributed by atoms with Crippen LogP contribution in [0.5, 0.6) is 11.5 Å². The second-order valence-electron chi connectivity index (χ2n) is 8.46. The number of carbonyl (C=O) groups excluding carboxylic acids is 2. The van der Waals surface area contributed by atoms with Crippen LogP contribution in [0.2, 0.25) is 0 Å². The van der Waals surface area contributed by atoms with Crippen molar-refractivity contribution in [1.29, 1.82) is 0 Å². The Labute approximate surface area is 183 Å². The number of rotatable bonds is 5. The highest BCUT2D eigenvalue weighted by molar-refractivity contribution is 5.96.